The molecule has 2 aliphatic rings. The molecule has 0 bridgehead atoms. The molecule has 0 aliphatic carbocycles. The van der Waals surface area contributed by atoms with Gasteiger partial charge in [-0.25, -0.2) is 4.39 Å². The van der Waals surface area contributed by atoms with Crippen molar-refractivity contribution in [3.63, 3.8) is 0 Å². The predicted octanol–water partition coefficient (Wildman–Crippen LogP) is 1.22. The first-order valence-corrected chi connectivity index (χ1v) is 6.80. The van der Waals surface area contributed by atoms with Crippen molar-refractivity contribution in [1.29, 1.82) is 0 Å². The summed E-state index contributed by atoms with van der Waals surface area (Å²) in [4.78, 5) is 0. The molecular formula is C14H19ClFNO4. The van der Waals surface area contributed by atoms with Crippen LogP contribution < -0.4 is 10.1 Å². The molecule has 21 heavy (non-hydrogen) atoms. The van der Waals surface area contributed by atoms with Gasteiger partial charge >= 0.3 is 0 Å². The summed E-state index contributed by atoms with van der Waals surface area (Å²) in [5.74, 6) is -0.127. The number of ether oxygens (including phenoxy) is 2. The lowest BCUT2D eigenvalue weighted by Gasteiger charge is -2.34. The van der Waals surface area contributed by atoms with Crippen LogP contribution in [0.15, 0.2) is 12.1 Å². The standard InChI is InChI=1S/C14H18FNO4.ClH/c15-11-8-9(19-6-5-17)7-10-12(11)14(20-13(10)18)1-3-16-4-2-14;/h7-8,13,16-18H,1-6H2;1H. The number of aliphatic hydroxyl groups is 2. The zero-order chi connectivity index (χ0) is 14.2. The van der Waals surface area contributed by atoms with E-state index in [9.17, 15) is 9.50 Å². The SMILES string of the molecule is Cl.OCCOc1cc(F)c2c(c1)C(O)OC21CCNCC1. The molecule has 5 nitrogen and oxygen atoms in total. The molecule has 3 N–H and O–H groups in total. The largest absolute Gasteiger partial charge is 0.491 e. The summed E-state index contributed by atoms with van der Waals surface area (Å²) < 4.78 is 25.3. The van der Waals surface area contributed by atoms with Crippen LogP contribution in [0.1, 0.15) is 30.3 Å². The monoisotopic (exact) mass is 319 g/mol. The normalized spacial score (nSPS) is 22.7. The molecule has 0 saturated carbocycles. The van der Waals surface area contributed by atoms with Crippen molar-refractivity contribution in [2.75, 3.05) is 26.3 Å². The van der Waals surface area contributed by atoms with Gasteiger partial charge in [-0.2, -0.15) is 0 Å². The highest BCUT2D eigenvalue weighted by Gasteiger charge is 2.47. The van der Waals surface area contributed by atoms with Crippen LogP contribution in [0.2, 0.25) is 0 Å². The van der Waals surface area contributed by atoms with E-state index in [1.54, 1.807) is 6.07 Å². The number of benzene rings is 1. The highest BCUT2D eigenvalue weighted by atomic mass is 35.5. The number of fused-ring (bicyclic) bond motifs is 2. The van der Waals surface area contributed by atoms with E-state index in [4.69, 9.17) is 14.6 Å². The quantitative estimate of drug-likeness (QED) is 0.781. The maximum atomic E-state index is 14.4. The summed E-state index contributed by atoms with van der Waals surface area (Å²) in [6.45, 7) is 1.40. The zero-order valence-corrected chi connectivity index (χ0v) is 12.3. The topological polar surface area (TPSA) is 71.0 Å². The smallest absolute Gasteiger partial charge is 0.182 e. The van der Waals surface area contributed by atoms with Gasteiger partial charge in [0.15, 0.2) is 6.29 Å². The summed E-state index contributed by atoms with van der Waals surface area (Å²) in [7, 11) is 0. The number of rotatable bonds is 3. The van der Waals surface area contributed by atoms with E-state index in [0.29, 0.717) is 29.7 Å². The van der Waals surface area contributed by atoms with Gasteiger partial charge in [-0.05, 0) is 32.0 Å². The average Bonchev–Trinajstić information content (AvgIpc) is 2.70. The Kier molecular flexibility index (Phi) is 5.06. The molecule has 1 fully saturated rings. The minimum atomic E-state index is -1.13. The third kappa shape index (κ3) is 2.86. The average molecular weight is 320 g/mol. The van der Waals surface area contributed by atoms with Crippen LogP contribution in [0.25, 0.3) is 0 Å². The van der Waals surface area contributed by atoms with Gasteiger partial charge < -0.3 is 25.0 Å². The van der Waals surface area contributed by atoms with Crippen molar-refractivity contribution in [3.8, 4) is 5.75 Å². The Labute approximate surface area is 128 Å². The van der Waals surface area contributed by atoms with Crippen LogP contribution in [-0.2, 0) is 10.3 Å². The van der Waals surface area contributed by atoms with Gasteiger partial charge in [-0.1, -0.05) is 0 Å². The predicted molar refractivity (Wildman–Crippen MR) is 76.1 cm³/mol. The highest BCUT2D eigenvalue weighted by Crippen LogP contribution is 2.49. The molecule has 1 unspecified atom stereocenters. The number of halogens is 2. The fourth-order valence-corrected chi connectivity index (χ4v) is 3.06. The van der Waals surface area contributed by atoms with E-state index in [0.717, 1.165) is 13.1 Å². The van der Waals surface area contributed by atoms with E-state index >= 15 is 0 Å². The van der Waals surface area contributed by atoms with Crippen molar-refractivity contribution in [2.45, 2.75) is 24.7 Å². The number of piperidine rings is 1. The van der Waals surface area contributed by atoms with Crippen LogP contribution in [0.4, 0.5) is 4.39 Å². The maximum Gasteiger partial charge on any atom is 0.182 e. The second-order valence-electron chi connectivity index (χ2n) is 5.16. The van der Waals surface area contributed by atoms with Gasteiger partial charge in [0, 0.05) is 17.2 Å². The molecule has 3 rings (SSSR count). The number of aliphatic hydroxyl groups excluding tert-OH is 2. The highest BCUT2D eigenvalue weighted by molar-refractivity contribution is 5.85. The van der Waals surface area contributed by atoms with Gasteiger partial charge in [0.25, 0.3) is 0 Å². The lowest BCUT2D eigenvalue weighted by Crippen LogP contribution is -2.40. The Morgan fingerprint density at radius 1 is 1.38 bits per heavy atom. The first-order chi connectivity index (χ1) is 9.66. The fraction of sp³-hybridized carbons (Fsp3) is 0.571. The molecule has 1 aromatic carbocycles. The van der Waals surface area contributed by atoms with Gasteiger partial charge in [-0.3, -0.25) is 0 Å². The number of hydrogen-bond donors (Lipinski definition) is 3. The molecular weight excluding hydrogens is 301 g/mol. The van der Waals surface area contributed by atoms with Crippen molar-refractivity contribution >= 4 is 12.4 Å². The molecule has 1 spiro atoms. The second kappa shape index (κ2) is 6.46. The summed E-state index contributed by atoms with van der Waals surface area (Å²) in [5.41, 5.74) is 0.141. The van der Waals surface area contributed by atoms with E-state index in [1.807, 2.05) is 0 Å². The summed E-state index contributed by atoms with van der Waals surface area (Å²) >= 11 is 0. The molecule has 0 radical (unpaired) electrons. The van der Waals surface area contributed by atoms with Crippen molar-refractivity contribution < 1.29 is 24.1 Å². The molecule has 1 aromatic rings. The van der Waals surface area contributed by atoms with Crippen LogP contribution in [0.5, 0.6) is 5.75 Å². The fourth-order valence-electron chi connectivity index (χ4n) is 3.06. The zero-order valence-electron chi connectivity index (χ0n) is 11.5. The Morgan fingerprint density at radius 3 is 2.76 bits per heavy atom. The Morgan fingerprint density at radius 2 is 2.10 bits per heavy atom. The summed E-state index contributed by atoms with van der Waals surface area (Å²) in [6, 6.07) is 2.88. The van der Waals surface area contributed by atoms with Crippen molar-refractivity contribution in [1.82, 2.24) is 5.32 Å². The molecule has 7 heteroatoms. The molecule has 2 aliphatic heterocycles. The Bertz CT molecular complexity index is 508. The lowest BCUT2D eigenvalue weighted by atomic mass is 9.84. The molecule has 0 aromatic heterocycles. The maximum absolute atomic E-state index is 14.4. The van der Waals surface area contributed by atoms with Gasteiger partial charge in [0.2, 0.25) is 0 Å². The van der Waals surface area contributed by atoms with E-state index in [1.165, 1.54) is 6.07 Å². The van der Waals surface area contributed by atoms with Crippen LogP contribution >= 0.6 is 12.4 Å². The molecule has 2 heterocycles. The van der Waals surface area contributed by atoms with Crippen molar-refractivity contribution in [2.24, 2.45) is 0 Å². The van der Waals surface area contributed by atoms with Crippen LogP contribution in [-0.4, -0.2) is 36.5 Å². The van der Waals surface area contributed by atoms with Gasteiger partial charge in [0.1, 0.15) is 23.8 Å². The van der Waals surface area contributed by atoms with Crippen molar-refractivity contribution in [3.05, 3.63) is 29.1 Å². The molecule has 1 atom stereocenters. The van der Waals surface area contributed by atoms with Crippen LogP contribution in [0, 0.1) is 5.82 Å². The third-order valence-electron chi connectivity index (χ3n) is 3.92. The molecule has 118 valence electrons. The van der Waals surface area contributed by atoms with E-state index in [-0.39, 0.29) is 25.6 Å². The first-order valence-electron chi connectivity index (χ1n) is 6.80. The minimum absolute atomic E-state index is 0. The first kappa shape index (κ1) is 16.5. The van der Waals surface area contributed by atoms with Crippen LogP contribution in [0.3, 0.4) is 0 Å². The minimum Gasteiger partial charge on any atom is -0.491 e. The molecule has 0 amide bonds. The molecule has 1 saturated heterocycles. The Hall–Kier alpha value is -0.920. The summed E-state index contributed by atoms with van der Waals surface area (Å²) in [6.07, 6.45) is 0.130. The second-order valence-corrected chi connectivity index (χ2v) is 5.16. The Balaban J connectivity index is 0.00000161. The van der Waals surface area contributed by atoms with Gasteiger partial charge in [-0.15, -0.1) is 12.4 Å². The number of hydrogen-bond acceptors (Lipinski definition) is 5. The van der Waals surface area contributed by atoms with Gasteiger partial charge in [0.05, 0.1) is 6.61 Å². The summed E-state index contributed by atoms with van der Waals surface area (Å²) in [5, 5.41) is 22.0. The van der Waals surface area contributed by atoms with E-state index < -0.39 is 17.7 Å². The van der Waals surface area contributed by atoms with E-state index in [2.05, 4.69) is 5.32 Å². The number of nitrogens with one attached hydrogen (secondary N) is 1. The lowest BCUT2D eigenvalue weighted by molar-refractivity contribution is -0.182. The third-order valence-corrected chi connectivity index (χ3v) is 3.92.